The van der Waals surface area contributed by atoms with Crippen molar-refractivity contribution in [1.82, 2.24) is 16.2 Å². The maximum Gasteiger partial charge on any atom is 0.287 e. The topological polar surface area (TPSA) is 100 Å². The minimum absolute atomic E-state index is 0.108. The summed E-state index contributed by atoms with van der Waals surface area (Å²) in [6.45, 7) is 1.62. The first-order valence-corrected chi connectivity index (χ1v) is 6.54. The molecule has 2 aromatic rings. The van der Waals surface area contributed by atoms with Crippen molar-refractivity contribution in [3.63, 3.8) is 0 Å². The number of nitrogens with one attached hydrogen (secondary N) is 3. The molecule has 2 rings (SSSR count). The van der Waals surface area contributed by atoms with Gasteiger partial charge in [0.1, 0.15) is 0 Å². The van der Waals surface area contributed by atoms with Crippen LogP contribution in [0.5, 0.6) is 0 Å². The van der Waals surface area contributed by atoms with Gasteiger partial charge in [0, 0.05) is 5.56 Å². The first-order chi connectivity index (χ1) is 10.6. The van der Waals surface area contributed by atoms with Gasteiger partial charge in [-0.2, -0.15) is 0 Å². The van der Waals surface area contributed by atoms with Gasteiger partial charge in [0.05, 0.1) is 12.8 Å². The van der Waals surface area contributed by atoms with Crippen molar-refractivity contribution < 1.29 is 18.8 Å². The predicted octanol–water partition coefficient (Wildman–Crippen LogP) is 0.779. The van der Waals surface area contributed by atoms with Gasteiger partial charge >= 0.3 is 0 Å². The third kappa shape index (κ3) is 4.20. The molecule has 0 aliphatic rings. The van der Waals surface area contributed by atoms with E-state index in [-0.39, 0.29) is 12.3 Å². The molecule has 0 unspecified atom stereocenters. The molecule has 0 spiro atoms. The van der Waals surface area contributed by atoms with Gasteiger partial charge in [0.25, 0.3) is 17.7 Å². The van der Waals surface area contributed by atoms with Crippen molar-refractivity contribution >= 4 is 17.7 Å². The number of hydrazine groups is 1. The number of carbonyl (C=O) groups is 3. The molecule has 3 N–H and O–H groups in total. The number of amides is 3. The van der Waals surface area contributed by atoms with Gasteiger partial charge in [-0.3, -0.25) is 25.2 Å². The molecule has 7 nitrogen and oxygen atoms in total. The minimum atomic E-state index is -0.555. The average Bonchev–Trinajstić information content (AvgIpc) is 3.05. The Labute approximate surface area is 126 Å². The van der Waals surface area contributed by atoms with Gasteiger partial charge in [0.15, 0.2) is 5.76 Å². The van der Waals surface area contributed by atoms with Gasteiger partial charge in [-0.25, -0.2) is 0 Å². The largest absolute Gasteiger partial charge is 0.459 e. The first kappa shape index (κ1) is 15.3. The van der Waals surface area contributed by atoms with Crippen LogP contribution in [0.4, 0.5) is 0 Å². The van der Waals surface area contributed by atoms with Gasteiger partial charge < -0.3 is 9.73 Å². The molecule has 1 aromatic heterocycles. The Morgan fingerprint density at radius 3 is 2.36 bits per heavy atom. The van der Waals surface area contributed by atoms with E-state index in [1.807, 2.05) is 6.92 Å². The quantitative estimate of drug-likeness (QED) is 0.726. The lowest BCUT2D eigenvalue weighted by Crippen LogP contribution is -2.46. The highest BCUT2D eigenvalue weighted by atomic mass is 16.3. The highest BCUT2D eigenvalue weighted by molar-refractivity contribution is 5.97. The second kappa shape index (κ2) is 7.07. The Bertz CT molecular complexity index is 663. The smallest absolute Gasteiger partial charge is 0.287 e. The first-order valence-electron chi connectivity index (χ1n) is 6.54. The molecule has 7 heteroatoms. The molecular formula is C15H15N3O4. The molecule has 3 amide bonds. The van der Waals surface area contributed by atoms with Crippen LogP contribution in [0.25, 0.3) is 0 Å². The molecule has 22 heavy (non-hydrogen) atoms. The molecule has 1 heterocycles. The summed E-state index contributed by atoms with van der Waals surface area (Å²) in [6.07, 6.45) is 1.36. The summed E-state index contributed by atoms with van der Waals surface area (Å²) in [5.74, 6) is -1.40. The van der Waals surface area contributed by atoms with Crippen LogP contribution in [0.15, 0.2) is 47.1 Å². The fraction of sp³-hybridized carbons (Fsp3) is 0.133. The van der Waals surface area contributed by atoms with Crippen molar-refractivity contribution in [2.75, 3.05) is 6.54 Å². The molecule has 0 saturated carbocycles. The lowest BCUT2D eigenvalue weighted by molar-refractivity contribution is -0.120. The predicted molar refractivity (Wildman–Crippen MR) is 77.8 cm³/mol. The van der Waals surface area contributed by atoms with E-state index in [9.17, 15) is 14.4 Å². The molecule has 1 aromatic carbocycles. The van der Waals surface area contributed by atoms with Crippen LogP contribution in [0.2, 0.25) is 0 Å². The zero-order valence-corrected chi connectivity index (χ0v) is 11.9. The second-order valence-electron chi connectivity index (χ2n) is 4.53. The van der Waals surface area contributed by atoms with Gasteiger partial charge in [-0.05, 0) is 31.2 Å². The van der Waals surface area contributed by atoms with Crippen molar-refractivity contribution in [2.24, 2.45) is 0 Å². The summed E-state index contributed by atoms with van der Waals surface area (Å²) in [7, 11) is 0. The zero-order valence-electron chi connectivity index (χ0n) is 11.9. The number of furan rings is 1. The molecule has 0 atom stereocenters. The molecule has 0 fully saturated rings. The fourth-order valence-corrected chi connectivity index (χ4v) is 1.60. The van der Waals surface area contributed by atoms with Gasteiger partial charge in [0.2, 0.25) is 0 Å². The number of benzene rings is 1. The van der Waals surface area contributed by atoms with Crippen LogP contribution in [0.3, 0.4) is 0 Å². The molecule has 114 valence electrons. The molecular weight excluding hydrogens is 286 g/mol. The van der Waals surface area contributed by atoms with E-state index in [0.717, 1.165) is 5.56 Å². The highest BCUT2D eigenvalue weighted by Crippen LogP contribution is 2.02. The molecule has 0 aliphatic heterocycles. The number of hydrogen-bond acceptors (Lipinski definition) is 4. The van der Waals surface area contributed by atoms with Crippen LogP contribution in [-0.4, -0.2) is 24.3 Å². The van der Waals surface area contributed by atoms with Crippen LogP contribution in [0, 0.1) is 6.92 Å². The highest BCUT2D eigenvalue weighted by Gasteiger charge is 2.11. The maximum absolute atomic E-state index is 11.8. The van der Waals surface area contributed by atoms with E-state index in [1.54, 1.807) is 30.3 Å². The number of aryl methyl sites for hydroxylation is 1. The molecule has 0 bridgehead atoms. The Balaban J connectivity index is 1.74. The Morgan fingerprint density at radius 1 is 1.00 bits per heavy atom. The third-order valence-corrected chi connectivity index (χ3v) is 2.78. The Kier molecular flexibility index (Phi) is 4.92. The summed E-state index contributed by atoms with van der Waals surface area (Å²) in [5.41, 5.74) is 5.93. The fourth-order valence-electron chi connectivity index (χ4n) is 1.60. The average molecular weight is 301 g/mol. The van der Waals surface area contributed by atoms with Crippen molar-refractivity contribution in [2.45, 2.75) is 6.92 Å². The Hall–Kier alpha value is -3.09. The normalized spacial score (nSPS) is 9.86. The van der Waals surface area contributed by atoms with Crippen molar-refractivity contribution in [1.29, 1.82) is 0 Å². The summed E-state index contributed by atoms with van der Waals surface area (Å²) in [4.78, 5) is 34.8. The van der Waals surface area contributed by atoms with Crippen molar-refractivity contribution in [3.05, 3.63) is 59.5 Å². The minimum Gasteiger partial charge on any atom is -0.459 e. The standard InChI is InChI=1S/C15H15N3O4/c1-10-4-6-11(7-5-10)14(20)18-17-13(19)9-16-15(21)12-3-2-8-22-12/h2-8H,9H2,1H3,(H,16,21)(H,17,19)(H,18,20). The van der Waals surface area contributed by atoms with E-state index in [4.69, 9.17) is 4.42 Å². The van der Waals surface area contributed by atoms with Crippen molar-refractivity contribution in [3.8, 4) is 0 Å². The summed E-state index contributed by atoms with van der Waals surface area (Å²) >= 11 is 0. The number of carbonyl (C=O) groups excluding carboxylic acids is 3. The molecule has 0 saturated heterocycles. The molecule has 0 radical (unpaired) electrons. The van der Waals surface area contributed by atoms with Crippen LogP contribution >= 0.6 is 0 Å². The van der Waals surface area contributed by atoms with E-state index < -0.39 is 17.7 Å². The summed E-state index contributed by atoms with van der Waals surface area (Å²) in [5, 5.41) is 2.36. The SMILES string of the molecule is Cc1ccc(C(=O)NNC(=O)CNC(=O)c2ccco2)cc1. The van der Waals surface area contributed by atoms with E-state index in [0.29, 0.717) is 5.56 Å². The van der Waals surface area contributed by atoms with Crippen LogP contribution < -0.4 is 16.2 Å². The molecule has 0 aliphatic carbocycles. The number of hydrogen-bond donors (Lipinski definition) is 3. The second-order valence-corrected chi connectivity index (χ2v) is 4.53. The summed E-state index contributed by atoms with van der Waals surface area (Å²) in [6, 6.07) is 9.93. The van der Waals surface area contributed by atoms with E-state index in [2.05, 4.69) is 16.2 Å². The van der Waals surface area contributed by atoms with E-state index in [1.165, 1.54) is 12.3 Å². The zero-order chi connectivity index (χ0) is 15.9. The number of rotatable bonds is 4. The van der Waals surface area contributed by atoms with Gasteiger partial charge in [-0.1, -0.05) is 17.7 Å². The summed E-state index contributed by atoms with van der Waals surface area (Å²) < 4.78 is 4.88. The maximum atomic E-state index is 11.8. The van der Waals surface area contributed by atoms with Gasteiger partial charge in [-0.15, -0.1) is 0 Å². The lowest BCUT2D eigenvalue weighted by atomic mass is 10.1. The van der Waals surface area contributed by atoms with Crippen LogP contribution in [-0.2, 0) is 4.79 Å². The van der Waals surface area contributed by atoms with E-state index >= 15 is 0 Å². The lowest BCUT2D eigenvalue weighted by Gasteiger charge is -2.08. The monoisotopic (exact) mass is 301 g/mol. The Morgan fingerprint density at radius 2 is 1.73 bits per heavy atom. The van der Waals surface area contributed by atoms with Crippen LogP contribution in [0.1, 0.15) is 26.5 Å². The third-order valence-electron chi connectivity index (χ3n) is 2.78.